The summed E-state index contributed by atoms with van der Waals surface area (Å²) >= 11 is 0. The van der Waals surface area contributed by atoms with Gasteiger partial charge in [0.2, 0.25) is 0 Å². The zero-order valence-corrected chi connectivity index (χ0v) is 11.4. The van der Waals surface area contributed by atoms with Crippen molar-refractivity contribution in [3.63, 3.8) is 0 Å². The molecule has 1 saturated heterocycles. The monoisotopic (exact) mass is 279 g/mol. The molecule has 1 aromatic heterocycles. The number of nitro groups is 1. The molecule has 0 spiro atoms. The van der Waals surface area contributed by atoms with Gasteiger partial charge in [0.15, 0.2) is 0 Å². The fourth-order valence-corrected chi connectivity index (χ4v) is 2.76. The van der Waals surface area contributed by atoms with Gasteiger partial charge in [-0.1, -0.05) is 6.92 Å². The number of carbonyl (C=O) groups is 1. The van der Waals surface area contributed by atoms with Crippen LogP contribution in [0.4, 0.5) is 11.5 Å². The second kappa shape index (κ2) is 5.44. The molecular weight excluding hydrogens is 262 g/mol. The first kappa shape index (κ1) is 14.2. The van der Waals surface area contributed by atoms with Crippen LogP contribution in [0.15, 0.2) is 12.3 Å². The van der Waals surface area contributed by atoms with E-state index >= 15 is 0 Å². The molecule has 1 aliphatic heterocycles. The van der Waals surface area contributed by atoms with Gasteiger partial charge in [-0.3, -0.25) is 10.1 Å². The Balaban J connectivity index is 2.50. The molecular formula is C13H17N3O4. The summed E-state index contributed by atoms with van der Waals surface area (Å²) in [7, 11) is 0. The van der Waals surface area contributed by atoms with Crippen LogP contribution >= 0.6 is 0 Å². The van der Waals surface area contributed by atoms with Crippen LogP contribution in [0.3, 0.4) is 0 Å². The van der Waals surface area contributed by atoms with Gasteiger partial charge in [-0.25, -0.2) is 9.78 Å². The van der Waals surface area contributed by atoms with E-state index in [1.807, 2.05) is 18.7 Å². The van der Waals surface area contributed by atoms with Crippen LogP contribution in [0.25, 0.3) is 0 Å². The van der Waals surface area contributed by atoms with E-state index in [4.69, 9.17) is 0 Å². The average molecular weight is 279 g/mol. The largest absolute Gasteiger partial charge is 0.478 e. The molecule has 1 fully saturated rings. The quantitative estimate of drug-likeness (QED) is 0.671. The third-order valence-corrected chi connectivity index (χ3v) is 3.80. The van der Waals surface area contributed by atoms with Crippen molar-refractivity contribution in [3.8, 4) is 0 Å². The Morgan fingerprint density at radius 2 is 2.30 bits per heavy atom. The van der Waals surface area contributed by atoms with Crippen molar-refractivity contribution in [1.29, 1.82) is 0 Å². The summed E-state index contributed by atoms with van der Waals surface area (Å²) in [5.41, 5.74) is -0.405. The number of carboxylic acid groups (broad SMARTS) is 1. The number of nitrogens with zero attached hydrogens (tertiary/aromatic N) is 3. The minimum Gasteiger partial charge on any atom is -0.478 e. The molecule has 7 heteroatoms. The molecule has 1 aliphatic rings. The summed E-state index contributed by atoms with van der Waals surface area (Å²) in [5, 5.41) is 20.0. The van der Waals surface area contributed by atoms with Gasteiger partial charge >= 0.3 is 5.97 Å². The molecule has 2 unspecified atom stereocenters. The van der Waals surface area contributed by atoms with Gasteiger partial charge in [-0.2, -0.15) is 0 Å². The standard InChI is InChI=1S/C13H17N3O4/c1-3-9-5-4-8(2)15(9)12-11(13(17)18)6-10(7-14-12)16(19)20/h6-9H,3-5H2,1-2H3,(H,17,18). The van der Waals surface area contributed by atoms with Crippen LogP contribution in [-0.4, -0.2) is 33.1 Å². The zero-order chi connectivity index (χ0) is 14.9. The Kier molecular flexibility index (Phi) is 3.87. The number of hydrogen-bond acceptors (Lipinski definition) is 5. The molecule has 7 nitrogen and oxygen atoms in total. The summed E-state index contributed by atoms with van der Waals surface area (Å²) in [6.07, 6.45) is 3.97. The number of aromatic carboxylic acids is 1. The minimum atomic E-state index is -1.19. The second-order valence-electron chi connectivity index (χ2n) is 5.02. The van der Waals surface area contributed by atoms with Crippen molar-refractivity contribution in [2.45, 2.75) is 45.2 Å². The Bertz CT molecular complexity index is 546. The lowest BCUT2D eigenvalue weighted by molar-refractivity contribution is -0.385. The van der Waals surface area contributed by atoms with Gasteiger partial charge in [0.05, 0.1) is 4.92 Å². The minimum absolute atomic E-state index is 0.105. The summed E-state index contributed by atoms with van der Waals surface area (Å²) < 4.78 is 0. The molecule has 2 atom stereocenters. The lowest BCUT2D eigenvalue weighted by Crippen LogP contribution is -2.36. The maximum Gasteiger partial charge on any atom is 0.339 e. The van der Waals surface area contributed by atoms with Crippen LogP contribution < -0.4 is 4.90 Å². The maximum atomic E-state index is 11.4. The van der Waals surface area contributed by atoms with Crippen LogP contribution in [0, 0.1) is 10.1 Å². The molecule has 0 aliphatic carbocycles. The van der Waals surface area contributed by atoms with Crippen molar-refractivity contribution in [3.05, 3.63) is 27.9 Å². The van der Waals surface area contributed by atoms with E-state index in [2.05, 4.69) is 4.98 Å². The number of carboxylic acids is 1. The highest BCUT2D eigenvalue weighted by molar-refractivity contribution is 5.94. The Morgan fingerprint density at radius 3 is 2.85 bits per heavy atom. The lowest BCUT2D eigenvalue weighted by atomic mass is 10.1. The molecule has 2 rings (SSSR count). The predicted molar refractivity (Wildman–Crippen MR) is 73.1 cm³/mol. The molecule has 1 N–H and O–H groups in total. The smallest absolute Gasteiger partial charge is 0.339 e. The van der Waals surface area contributed by atoms with Crippen LogP contribution in [0.2, 0.25) is 0 Å². The third-order valence-electron chi connectivity index (χ3n) is 3.80. The average Bonchev–Trinajstić information content (AvgIpc) is 2.78. The highest BCUT2D eigenvalue weighted by Crippen LogP contribution is 2.33. The molecule has 20 heavy (non-hydrogen) atoms. The topological polar surface area (TPSA) is 96.6 Å². The van der Waals surface area contributed by atoms with Gasteiger partial charge in [0, 0.05) is 18.2 Å². The summed E-state index contributed by atoms with van der Waals surface area (Å²) in [6, 6.07) is 1.51. The van der Waals surface area contributed by atoms with Crippen molar-refractivity contribution in [1.82, 2.24) is 4.98 Å². The lowest BCUT2D eigenvalue weighted by Gasteiger charge is -2.30. The van der Waals surface area contributed by atoms with Crippen molar-refractivity contribution < 1.29 is 14.8 Å². The highest BCUT2D eigenvalue weighted by atomic mass is 16.6. The number of rotatable bonds is 4. The van der Waals surface area contributed by atoms with Crippen LogP contribution in [0.1, 0.15) is 43.5 Å². The van der Waals surface area contributed by atoms with Crippen molar-refractivity contribution >= 4 is 17.5 Å². The number of aromatic nitrogens is 1. The second-order valence-corrected chi connectivity index (χ2v) is 5.02. The van der Waals surface area contributed by atoms with E-state index in [1.54, 1.807) is 0 Å². The van der Waals surface area contributed by atoms with Crippen molar-refractivity contribution in [2.24, 2.45) is 0 Å². The first-order chi connectivity index (χ1) is 9.45. The molecule has 108 valence electrons. The maximum absolute atomic E-state index is 11.4. The Labute approximate surface area is 116 Å². The SMILES string of the molecule is CCC1CCC(C)N1c1ncc([N+](=O)[O-])cc1C(=O)O. The van der Waals surface area contributed by atoms with E-state index < -0.39 is 10.9 Å². The molecule has 0 saturated carbocycles. The Morgan fingerprint density at radius 1 is 1.60 bits per heavy atom. The first-order valence-corrected chi connectivity index (χ1v) is 6.61. The number of anilines is 1. The fourth-order valence-electron chi connectivity index (χ4n) is 2.76. The summed E-state index contributed by atoms with van der Waals surface area (Å²) in [6.45, 7) is 4.06. The van der Waals surface area contributed by atoms with Gasteiger partial charge in [-0.15, -0.1) is 0 Å². The van der Waals surface area contributed by atoms with Crippen LogP contribution in [-0.2, 0) is 0 Å². The van der Waals surface area contributed by atoms with E-state index in [-0.39, 0.29) is 23.3 Å². The molecule has 0 amide bonds. The van der Waals surface area contributed by atoms with Crippen LogP contribution in [0.5, 0.6) is 0 Å². The molecule has 0 bridgehead atoms. The van der Waals surface area contributed by atoms with E-state index in [9.17, 15) is 20.0 Å². The third kappa shape index (κ3) is 2.43. The highest BCUT2D eigenvalue weighted by Gasteiger charge is 2.33. The summed E-state index contributed by atoms with van der Waals surface area (Å²) in [5.74, 6) is -0.856. The fraction of sp³-hybridized carbons (Fsp3) is 0.538. The first-order valence-electron chi connectivity index (χ1n) is 6.61. The summed E-state index contributed by atoms with van der Waals surface area (Å²) in [4.78, 5) is 27.5. The number of pyridine rings is 1. The molecule has 0 radical (unpaired) electrons. The Hall–Kier alpha value is -2.18. The van der Waals surface area contributed by atoms with Gasteiger partial charge in [0.25, 0.3) is 5.69 Å². The van der Waals surface area contributed by atoms with Gasteiger partial charge < -0.3 is 10.0 Å². The van der Waals surface area contributed by atoms with Crippen molar-refractivity contribution in [2.75, 3.05) is 4.90 Å². The molecule has 2 heterocycles. The zero-order valence-electron chi connectivity index (χ0n) is 11.4. The van der Waals surface area contributed by atoms with Gasteiger partial charge in [0.1, 0.15) is 17.6 Å². The van der Waals surface area contributed by atoms with E-state index in [1.165, 1.54) is 0 Å². The van der Waals surface area contributed by atoms with Gasteiger partial charge in [-0.05, 0) is 26.2 Å². The predicted octanol–water partition coefficient (Wildman–Crippen LogP) is 2.46. The molecule has 0 aromatic carbocycles. The molecule has 1 aromatic rings. The number of hydrogen-bond donors (Lipinski definition) is 1. The van der Waals surface area contributed by atoms with E-state index in [0.29, 0.717) is 5.82 Å². The van der Waals surface area contributed by atoms with E-state index in [0.717, 1.165) is 31.5 Å². The normalized spacial score (nSPS) is 22.0.